The third kappa shape index (κ3) is 12.0. The molecular weight excluding hydrogens is 450 g/mol. The van der Waals surface area contributed by atoms with Crippen LogP contribution >= 0.6 is 24.0 Å². The zero-order valence-electron chi connectivity index (χ0n) is 14.4. The van der Waals surface area contributed by atoms with Crippen molar-refractivity contribution in [3.63, 3.8) is 0 Å². The van der Waals surface area contributed by atoms with Crippen LogP contribution in [0.25, 0.3) is 0 Å². The fourth-order valence-electron chi connectivity index (χ4n) is 1.81. The summed E-state index contributed by atoms with van der Waals surface area (Å²) in [5.41, 5.74) is 1.65. The predicted octanol–water partition coefficient (Wildman–Crippen LogP) is 3.09. The topological polar surface area (TPSA) is 54.9 Å². The van der Waals surface area contributed by atoms with Gasteiger partial charge >= 0.3 is 6.18 Å². The summed E-state index contributed by atoms with van der Waals surface area (Å²) in [4.78, 5) is 4.44. The highest BCUT2D eigenvalue weighted by Crippen LogP contribution is 2.15. The van der Waals surface area contributed by atoms with E-state index in [0.29, 0.717) is 31.2 Å². The van der Waals surface area contributed by atoms with E-state index in [0.717, 1.165) is 12.1 Å². The Balaban J connectivity index is 0.00000576. The number of halogens is 4. The van der Waals surface area contributed by atoms with Crippen molar-refractivity contribution in [3.8, 4) is 0 Å². The molecule has 0 spiro atoms. The van der Waals surface area contributed by atoms with Crippen molar-refractivity contribution in [2.24, 2.45) is 4.99 Å². The number of rotatable bonds is 9. The van der Waals surface area contributed by atoms with E-state index < -0.39 is 12.8 Å². The van der Waals surface area contributed by atoms with Gasteiger partial charge in [0.25, 0.3) is 0 Å². The van der Waals surface area contributed by atoms with Gasteiger partial charge in [-0.05, 0) is 18.1 Å². The Labute approximate surface area is 163 Å². The molecule has 0 saturated heterocycles. The van der Waals surface area contributed by atoms with Gasteiger partial charge in [-0.1, -0.05) is 24.3 Å². The second-order valence-corrected chi connectivity index (χ2v) is 5.04. The molecular formula is C16H25F3IN3O2. The molecule has 2 N–H and O–H groups in total. The van der Waals surface area contributed by atoms with Gasteiger partial charge in [-0.15, -0.1) is 24.0 Å². The van der Waals surface area contributed by atoms with Crippen LogP contribution in [-0.4, -0.2) is 45.5 Å². The third-order valence-corrected chi connectivity index (χ3v) is 2.92. The van der Waals surface area contributed by atoms with Crippen LogP contribution in [0, 0.1) is 0 Å². The average Bonchev–Trinajstić information content (AvgIpc) is 2.53. The zero-order valence-corrected chi connectivity index (χ0v) is 16.7. The van der Waals surface area contributed by atoms with Gasteiger partial charge < -0.3 is 20.1 Å². The molecule has 5 nitrogen and oxygen atoms in total. The SMILES string of the molecule is CCNC(=NCc1ccc(COCC(F)(F)F)cc1)NCCOC.I. The molecule has 1 aromatic carbocycles. The largest absolute Gasteiger partial charge is 0.411 e. The highest BCUT2D eigenvalue weighted by molar-refractivity contribution is 14.0. The molecule has 0 unspecified atom stereocenters. The Morgan fingerprint density at radius 3 is 2.32 bits per heavy atom. The number of methoxy groups -OCH3 is 1. The first-order valence-electron chi connectivity index (χ1n) is 7.68. The second-order valence-electron chi connectivity index (χ2n) is 5.04. The lowest BCUT2D eigenvalue weighted by Crippen LogP contribution is -2.38. The minimum Gasteiger partial charge on any atom is -0.383 e. The lowest BCUT2D eigenvalue weighted by atomic mass is 10.1. The summed E-state index contributed by atoms with van der Waals surface area (Å²) < 4.78 is 45.6. The molecule has 1 aromatic rings. The second kappa shape index (κ2) is 13.2. The van der Waals surface area contributed by atoms with E-state index in [1.165, 1.54) is 0 Å². The Morgan fingerprint density at radius 2 is 1.76 bits per heavy atom. The molecule has 144 valence electrons. The van der Waals surface area contributed by atoms with E-state index in [1.807, 2.05) is 19.1 Å². The molecule has 0 saturated carbocycles. The van der Waals surface area contributed by atoms with Gasteiger partial charge in [0.2, 0.25) is 0 Å². The van der Waals surface area contributed by atoms with Crippen LogP contribution in [0.5, 0.6) is 0 Å². The molecule has 0 aliphatic carbocycles. The summed E-state index contributed by atoms with van der Waals surface area (Å²) >= 11 is 0. The van der Waals surface area contributed by atoms with Crippen LogP contribution in [0.2, 0.25) is 0 Å². The fraction of sp³-hybridized carbons (Fsp3) is 0.562. The lowest BCUT2D eigenvalue weighted by Gasteiger charge is -2.11. The van der Waals surface area contributed by atoms with E-state index in [1.54, 1.807) is 19.2 Å². The van der Waals surface area contributed by atoms with Gasteiger partial charge in [0, 0.05) is 20.2 Å². The number of hydrogen-bond acceptors (Lipinski definition) is 3. The maximum atomic E-state index is 12.0. The van der Waals surface area contributed by atoms with Gasteiger partial charge in [-0.2, -0.15) is 13.2 Å². The summed E-state index contributed by atoms with van der Waals surface area (Å²) in [7, 11) is 1.63. The first kappa shape index (κ1) is 23.9. The van der Waals surface area contributed by atoms with Gasteiger partial charge in [-0.25, -0.2) is 4.99 Å². The maximum absolute atomic E-state index is 12.0. The van der Waals surface area contributed by atoms with E-state index in [4.69, 9.17) is 4.74 Å². The number of ether oxygens (including phenoxy) is 2. The Kier molecular flexibility index (Phi) is 12.6. The van der Waals surface area contributed by atoms with Crippen molar-refractivity contribution in [1.82, 2.24) is 10.6 Å². The molecule has 0 aliphatic rings. The first-order chi connectivity index (χ1) is 11.4. The molecule has 0 aliphatic heterocycles. The quantitative estimate of drug-likeness (QED) is 0.250. The normalized spacial score (nSPS) is 11.8. The standard InChI is InChI=1S/C16H24F3N3O2.HI/c1-3-20-15(21-8-9-23-2)22-10-13-4-6-14(7-5-13)11-24-12-16(17,18)19;/h4-7H,3,8-12H2,1-2H3,(H2,20,21,22);1H. The van der Waals surface area contributed by atoms with Crippen molar-refractivity contribution in [2.45, 2.75) is 26.3 Å². The van der Waals surface area contributed by atoms with E-state index in [9.17, 15) is 13.2 Å². The molecule has 25 heavy (non-hydrogen) atoms. The number of alkyl halides is 3. The Hall–Kier alpha value is -1.07. The number of hydrogen-bond donors (Lipinski definition) is 2. The van der Waals surface area contributed by atoms with Crippen LogP contribution in [0.1, 0.15) is 18.1 Å². The minimum absolute atomic E-state index is 0. The molecule has 0 bridgehead atoms. The summed E-state index contributed by atoms with van der Waals surface area (Å²) in [6.45, 7) is 3.11. The third-order valence-electron chi connectivity index (χ3n) is 2.92. The lowest BCUT2D eigenvalue weighted by molar-refractivity contribution is -0.176. The Bertz CT molecular complexity index is 496. The summed E-state index contributed by atoms with van der Waals surface area (Å²) in [6, 6.07) is 7.14. The van der Waals surface area contributed by atoms with Gasteiger partial charge in [0.15, 0.2) is 5.96 Å². The average molecular weight is 475 g/mol. The summed E-state index contributed by atoms with van der Waals surface area (Å²) in [6.07, 6.45) is -4.30. The molecule has 0 atom stereocenters. The molecule has 1 rings (SSSR count). The number of nitrogens with one attached hydrogen (secondary N) is 2. The number of nitrogens with zero attached hydrogens (tertiary/aromatic N) is 1. The van der Waals surface area contributed by atoms with Gasteiger partial charge in [0.05, 0.1) is 19.8 Å². The number of aliphatic imine (C=N–C) groups is 1. The molecule has 0 amide bonds. The Morgan fingerprint density at radius 1 is 1.12 bits per heavy atom. The fourth-order valence-corrected chi connectivity index (χ4v) is 1.81. The van der Waals surface area contributed by atoms with E-state index in [2.05, 4.69) is 20.4 Å². The van der Waals surface area contributed by atoms with Crippen LogP contribution in [0.4, 0.5) is 13.2 Å². The van der Waals surface area contributed by atoms with Crippen LogP contribution in [-0.2, 0) is 22.6 Å². The smallest absolute Gasteiger partial charge is 0.383 e. The van der Waals surface area contributed by atoms with Crippen molar-refractivity contribution in [2.75, 3.05) is 33.4 Å². The van der Waals surface area contributed by atoms with Crippen molar-refractivity contribution in [1.29, 1.82) is 0 Å². The minimum atomic E-state index is -4.30. The molecule has 0 fully saturated rings. The van der Waals surface area contributed by atoms with Gasteiger partial charge in [0.1, 0.15) is 6.61 Å². The highest BCUT2D eigenvalue weighted by atomic mass is 127. The van der Waals surface area contributed by atoms with Gasteiger partial charge in [-0.3, -0.25) is 0 Å². The molecule has 9 heteroatoms. The molecule has 0 heterocycles. The molecule has 0 aromatic heterocycles. The summed E-state index contributed by atoms with van der Waals surface area (Å²) in [5.74, 6) is 0.687. The highest BCUT2D eigenvalue weighted by Gasteiger charge is 2.27. The predicted molar refractivity (Wildman–Crippen MR) is 102 cm³/mol. The van der Waals surface area contributed by atoms with Crippen molar-refractivity contribution in [3.05, 3.63) is 35.4 Å². The van der Waals surface area contributed by atoms with Crippen molar-refractivity contribution < 1.29 is 22.6 Å². The van der Waals surface area contributed by atoms with Crippen LogP contribution in [0.3, 0.4) is 0 Å². The van der Waals surface area contributed by atoms with E-state index >= 15 is 0 Å². The zero-order chi connectivity index (χ0) is 17.8. The monoisotopic (exact) mass is 475 g/mol. The molecule has 0 radical (unpaired) electrons. The van der Waals surface area contributed by atoms with Crippen molar-refractivity contribution >= 4 is 29.9 Å². The van der Waals surface area contributed by atoms with Crippen LogP contribution < -0.4 is 10.6 Å². The summed E-state index contributed by atoms with van der Waals surface area (Å²) in [5, 5.41) is 6.25. The van der Waals surface area contributed by atoms with Crippen LogP contribution in [0.15, 0.2) is 29.3 Å². The van der Waals surface area contributed by atoms with E-state index in [-0.39, 0.29) is 30.6 Å². The number of guanidine groups is 1. The first-order valence-corrected chi connectivity index (χ1v) is 7.68. The number of benzene rings is 1. The maximum Gasteiger partial charge on any atom is 0.411 e.